The Bertz CT molecular complexity index is 996. The molecule has 0 heterocycles. The molecule has 3 rings (SSSR count). The molecule has 7 heteroatoms. The van der Waals surface area contributed by atoms with Crippen molar-refractivity contribution < 1.29 is 22.0 Å². The van der Waals surface area contributed by atoms with Crippen molar-refractivity contribution in [2.75, 3.05) is 5.32 Å². The highest BCUT2D eigenvalue weighted by molar-refractivity contribution is 7.93. The molecular formula is C20H21F2NO3S. The predicted molar refractivity (Wildman–Crippen MR) is 99.3 cm³/mol. The smallest absolute Gasteiger partial charge is 0.246 e. The molecule has 4 nitrogen and oxygen atoms in total. The maximum Gasteiger partial charge on any atom is 0.246 e. The normalized spacial score (nSPS) is 16.3. The Hall–Kier alpha value is -2.28. The second-order valence-corrected chi connectivity index (χ2v) is 9.28. The first-order valence-electron chi connectivity index (χ1n) is 8.76. The van der Waals surface area contributed by atoms with Crippen LogP contribution in [0, 0.1) is 25.5 Å². The molecule has 0 radical (unpaired) electrons. The highest BCUT2D eigenvalue weighted by Gasteiger charge is 2.53. The molecule has 1 saturated carbocycles. The summed E-state index contributed by atoms with van der Waals surface area (Å²) in [7, 11) is -4.00. The first kappa shape index (κ1) is 19.5. The maximum absolute atomic E-state index is 14.0. The molecule has 1 N–H and O–H groups in total. The Morgan fingerprint density at radius 2 is 1.70 bits per heavy atom. The lowest BCUT2D eigenvalue weighted by molar-refractivity contribution is -0.118. The molecule has 0 aliphatic heterocycles. The summed E-state index contributed by atoms with van der Waals surface area (Å²) in [6, 6.07) is 7.84. The zero-order valence-corrected chi connectivity index (χ0v) is 16.0. The Kier molecular flexibility index (Phi) is 5.08. The van der Waals surface area contributed by atoms with Crippen molar-refractivity contribution in [3.8, 4) is 0 Å². The Balaban J connectivity index is 2.05. The van der Waals surface area contributed by atoms with E-state index in [9.17, 15) is 22.0 Å². The largest absolute Gasteiger partial charge is 0.322 e. The number of carbonyl (C=O) groups is 1. The van der Waals surface area contributed by atoms with Crippen LogP contribution in [0.25, 0.3) is 0 Å². The Morgan fingerprint density at radius 3 is 2.33 bits per heavy atom. The number of anilines is 1. The van der Waals surface area contributed by atoms with Crippen LogP contribution in [-0.4, -0.2) is 19.1 Å². The van der Waals surface area contributed by atoms with Crippen LogP contribution >= 0.6 is 0 Å². The van der Waals surface area contributed by atoms with Crippen LogP contribution in [0.4, 0.5) is 14.5 Å². The molecule has 2 aromatic carbocycles. The van der Waals surface area contributed by atoms with E-state index in [1.807, 2.05) is 6.07 Å². The van der Waals surface area contributed by atoms with E-state index in [0.29, 0.717) is 24.5 Å². The summed E-state index contributed by atoms with van der Waals surface area (Å²) in [5.74, 6) is -2.49. The molecule has 0 saturated heterocycles. The molecule has 0 unspecified atom stereocenters. The predicted octanol–water partition coefficient (Wildman–Crippen LogP) is 4.31. The minimum atomic E-state index is -4.00. The van der Waals surface area contributed by atoms with Gasteiger partial charge in [-0.25, -0.2) is 17.2 Å². The van der Waals surface area contributed by atoms with Crippen LogP contribution in [0.2, 0.25) is 0 Å². The first-order chi connectivity index (χ1) is 12.7. The van der Waals surface area contributed by atoms with Crippen LogP contribution < -0.4 is 5.32 Å². The third kappa shape index (κ3) is 3.36. The van der Waals surface area contributed by atoms with Gasteiger partial charge in [0.25, 0.3) is 0 Å². The molecular weight excluding hydrogens is 372 g/mol. The van der Waals surface area contributed by atoms with E-state index in [4.69, 9.17) is 0 Å². The monoisotopic (exact) mass is 393 g/mol. The number of nitrogens with one attached hydrogen (secondary N) is 1. The summed E-state index contributed by atoms with van der Waals surface area (Å²) >= 11 is 0. The average Bonchev–Trinajstić information content (AvgIpc) is 3.11. The summed E-state index contributed by atoms with van der Waals surface area (Å²) in [6.07, 6.45) is 1.50. The minimum Gasteiger partial charge on any atom is -0.322 e. The molecule has 0 bridgehead atoms. The topological polar surface area (TPSA) is 63.2 Å². The van der Waals surface area contributed by atoms with Crippen molar-refractivity contribution in [2.24, 2.45) is 0 Å². The summed E-state index contributed by atoms with van der Waals surface area (Å²) in [6.45, 7) is 3.47. The third-order valence-electron chi connectivity index (χ3n) is 5.15. The van der Waals surface area contributed by atoms with Crippen molar-refractivity contribution in [1.82, 2.24) is 0 Å². The minimum absolute atomic E-state index is 0.124. The summed E-state index contributed by atoms with van der Waals surface area (Å²) in [4.78, 5) is 13.2. The van der Waals surface area contributed by atoms with Crippen molar-refractivity contribution in [3.05, 3.63) is 59.2 Å². The Labute approximate surface area is 157 Å². The second-order valence-electron chi connectivity index (χ2n) is 7.05. The average molecular weight is 393 g/mol. The fourth-order valence-electron chi connectivity index (χ4n) is 3.60. The summed E-state index contributed by atoms with van der Waals surface area (Å²) in [5.41, 5.74) is 1.11. The van der Waals surface area contributed by atoms with Gasteiger partial charge in [-0.15, -0.1) is 0 Å². The van der Waals surface area contributed by atoms with Gasteiger partial charge in [0.15, 0.2) is 14.6 Å². The molecule has 1 fully saturated rings. The van der Waals surface area contributed by atoms with Gasteiger partial charge >= 0.3 is 0 Å². The van der Waals surface area contributed by atoms with Crippen LogP contribution in [0.5, 0.6) is 0 Å². The highest BCUT2D eigenvalue weighted by atomic mass is 32.2. The van der Waals surface area contributed by atoms with E-state index in [1.54, 1.807) is 26.0 Å². The van der Waals surface area contributed by atoms with Gasteiger partial charge in [0.1, 0.15) is 11.6 Å². The van der Waals surface area contributed by atoms with Gasteiger partial charge in [-0.2, -0.15) is 0 Å². The van der Waals surface area contributed by atoms with E-state index in [2.05, 4.69) is 5.32 Å². The van der Waals surface area contributed by atoms with Gasteiger partial charge in [0.05, 0.1) is 10.6 Å². The van der Waals surface area contributed by atoms with E-state index in [0.717, 1.165) is 17.7 Å². The van der Waals surface area contributed by atoms with Gasteiger partial charge in [-0.3, -0.25) is 4.79 Å². The summed E-state index contributed by atoms with van der Waals surface area (Å²) < 4.78 is 52.4. The van der Waals surface area contributed by atoms with E-state index in [-0.39, 0.29) is 23.4 Å². The zero-order chi connectivity index (χ0) is 19.8. The first-order valence-corrected chi connectivity index (χ1v) is 10.2. The molecule has 144 valence electrons. The number of amides is 1. The lowest BCUT2D eigenvalue weighted by Crippen LogP contribution is -2.47. The highest BCUT2D eigenvalue weighted by Crippen LogP contribution is 2.42. The zero-order valence-electron chi connectivity index (χ0n) is 15.2. The number of sulfone groups is 1. The third-order valence-corrected chi connectivity index (χ3v) is 7.79. The molecule has 1 amide bonds. The molecule has 1 aliphatic carbocycles. The number of benzene rings is 2. The van der Waals surface area contributed by atoms with Gasteiger partial charge in [0, 0.05) is 6.07 Å². The second kappa shape index (κ2) is 7.03. The number of rotatable bonds is 4. The number of hydrogen-bond donors (Lipinski definition) is 1. The number of halogens is 2. The fourth-order valence-corrected chi connectivity index (χ4v) is 5.97. The van der Waals surface area contributed by atoms with Crippen molar-refractivity contribution in [3.63, 3.8) is 0 Å². The standard InChI is InChI=1S/C20H21F2NO3S/c1-13-5-6-14(2)18(11-13)27(25,26)20(9-3-4-10-20)19(24)23-17-8-7-15(21)12-16(17)22/h5-8,11-12H,3-4,9-10H2,1-2H3,(H,23,24). The maximum atomic E-state index is 14.0. The van der Waals surface area contributed by atoms with E-state index < -0.39 is 32.1 Å². The van der Waals surface area contributed by atoms with Gasteiger partial charge < -0.3 is 5.32 Å². The molecule has 27 heavy (non-hydrogen) atoms. The van der Waals surface area contributed by atoms with E-state index in [1.165, 1.54) is 0 Å². The van der Waals surface area contributed by atoms with Gasteiger partial charge in [-0.1, -0.05) is 25.0 Å². The van der Waals surface area contributed by atoms with Gasteiger partial charge in [0.2, 0.25) is 5.91 Å². The van der Waals surface area contributed by atoms with Gasteiger partial charge in [-0.05, 0) is 56.0 Å². The van der Waals surface area contributed by atoms with Crippen molar-refractivity contribution >= 4 is 21.4 Å². The molecule has 1 aliphatic rings. The molecule has 2 aromatic rings. The molecule has 0 spiro atoms. The lowest BCUT2D eigenvalue weighted by Gasteiger charge is -2.28. The molecule has 0 atom stereocenters. The van der Waals surface area contributed by atoms with E-state index >= 15 is 0 Å². The van der Waals surface area contributed by atoms with Crippen molar-refractivity contribution in [2.45, 2.75) is 49.2 Å². The summed E-state index contributed by atoms with van der Waals surface area (Å²) in [5, 5.41) is 2.37. The van der Waals surface area contributed by atoms with Crippen LogP contribution in [0.15, 0.2) is 41.3 Å². The lowest BCUT2D eigenvalue weighted by atomic mass is 10.1. The molecule has 0 aromatic heterocycles. The number of carbonyl (C=O) groups excluding carboxylic acids is 1. The quantitative estimate of drug-likeness (QED) is 0.842. The fraction of sp³-hybridized carbons (Fsp3) is 0.350. The number of aryl methyl sites for hydroxylation is 2. The van der Waals surface area contributed by atoms with Crippen LogP contribution in [0.1, 0.15) is 36.8 Å². The van der Waals surface area contributed by atoms with Crippen LogP contribution in [-0.2, 0) is 14.6 Å². The van der Waals surface area contributed by atoms with Crippen molar-refractivity contribution in [1.29, 1.82) is 0 Å². The SMILES string of the molecule is Cc1ccc(C)c(S(=O)(=O)C2(C(=O)Nc3ccc(F)cc3F)CCCC2)c1. The number of hydrogen-bond acceptors (Lipinski definition) is 3. The Morgan fingerprint density at radius 1 is 1.04 bits per heavy atom. The van der Waals surface area contributed by atoms with Crippen LogP contribution in [0.3, 0.4) is 0 Å².